The minimum absolute atomic E-state index is 0.0555. The fourth-order valence-electron chi connectivity index (χ4n) is 3.00. The molecule has 3 heterocycles. The number of hydrogen-bond donors (Lipinski definition) is 3. The number of halogens is 3. The maximum atomic E-state index is 12.6. The minimum Gasteiger partial charge on any atom is -0.391 e. The molecule has 0 spiro atoms. The summed E-state index contributed by atoms with van der Waals surface area (Å²) in [6.45, 7) is 0.00525. The van der Waals surface area contributed by atoms with Crippen LogP contribution in [0.15, 0.2) is 36.7 Å². The summed E-state index contributed by atoms with van der Waals surface area (Å²) in [5.74, 6) is -0.658. The molecule has 1 aliphatic heterocycles. The lowest BCUT2D eigenvalue weighted by molar-refractivity contribution is -0.137. The van der Waals surface area contributed by atoms with Crippen LogP contribution >= 0.6 is 0 Å². The fraction of sp³-hybridized carbons (Fsp3) is 0.353. The van der Waals surface area contributed by atoms with Gasteiger partial charge in [0.2, 0.25) is 16.8 Å². The summed E-state index contributed by atoms with van der Waals surface area (Å²) in [4.78, 5) is 20.2. The van der Waals surface area contributed by atoms with Gasteiger partial charge in [0.1, 0.15) is 6.04 Å². The maximum Gasteiger partial charge on any atom is 0.417 e. The van der Waals surface area contributed by atoms with E-state index in [9.17, 15) is 31.5 Å². The Balaban J connectivity index is 1.69. The van der Waals surface area contributed by atoms with E-state index in [1.54, 1.807) is 12.1 Å². The molecule has 29 heavy (non-hydrogen) atoms. The summed E-state index contributed by atoms with van der Waals surface area (Å²) in [7, 11) is -3.00. The first-order valence-electron chi connectivity index (χ1n) is 8.52. The van der Waals surface area contributed by atoms with Gasteiger partial charge < -0.3 is 10.4 Å². The summed E-state index contributed by atoms with van der Waals surface area (Å²) >= 11 is 0. The third-order valence-electron chi connectivity index (χ3n) is 4.46. The number of alkyl halides is 3. The molecule has 0 aliphatic carbocycles. The molecule has 2 N–H and O–H groups in total. The molecule has 1 fully saturated rings. The number of aliphatic hydroxyl groups excluding tert-OH is 1. The van der Waals surface area contributed by atoms with E-state index in [-0.39, 0.29) is 19.5 Å². The van der Waals surface area contributed by atoms with Gasteiger partial charge in [-0.15, -0.1) is 0 Å². The Morgan fingerprint density at radius 2 is 2.03 bits per heavy atom. The highest BCUT2D eigenvalue weighted by molar-refractivity contribution is 7.69. The zero-order valence-electron chi connectivity index (χ0n) is 14.8. The highest BCUT2D eigenvalue weighted by Crippen LogP contribution is 2.29. The number of carbonyl (C=O) groups is 1. The van der Waals surface area contributed by atoms with Crippen LogP contribution in [0.1, 0.15) is 17.7 Å². The van der Waals surface area contributed by atoms with E-state index in [0.29, 0.717) is 17.0 Å². The molecule has 0 aromatic carbocycles. The second-order valence-corrected chi connectivity index (χ2v) is 7.37. The van der Waals surface area contributed by atoms with Crippen LogP contribution in [-0.4, -0.2) is 52.4 Å². The third-order valence-corrected chi connectivity index (χ3v) is 5.33. The molecule has 0 saturated carbocycles. The number of hydrogen-bond acceptors (Lipinski definition) is 6. The number of carbonyl (C=O) groups excluding carboxylic acids is 1. The Morgan fingerprint density at radius 1 is 1.28 bits per heavy atom. The van der Waals surface area contributed by atoms with Crippen molar-refractivity contribution >= 4 is 16.8 Å². The molecular weight excluding hydrogens is 413 g/mol. The Kier molecular flexibility index (Phi) is 6.15. The predicted octanol–water partition coefficient (Wildman–Crippen LogP) is 0.740. The molecule has 2 atom stereocenters. The second-order valence-electron chi connectivity index (χ2n) is 6.39. The van der Waals surface area contributed by atoms with Crippen LogP contribution in [0.3, 0.4) is 0 Å². The molecule has 2 aromatic heterocycles. The first-order valence-corrected chi connectivity index (χ1v) is 9.65. The average Bonchev–Trinajstić information content (AvgIpc) is 3.08. The number of nitrogens with one attached hydrogen (secondary N) is 1. The van der Waals surface area contributed by atoms with E-state index in [2.05, 4.69) is 15.3 Å². The molecule has 1 saturated heterocycles. The first-order chi connectivity index (χ1) is 13.7. The van der Waals surface area contributed by atoms with Crippen molar-refractivity contribution in [1.29, 1.82) is 0 Å². The van der Waals surface area contributed by atoms with E-state index in [1.165, 1.54) is 12.3 Å². The SMILES string of the molecule is O=C(NCc1cc(-c2ccc(C(F)(F)F)cn2)ccn1)C1[C@@H](O)CCN1[SH](=O)=O. The topological polar surface area (TPSA) is 112 Å². The number of pyridine rings is 2. The van der Waals surface area contributed by atoms with Crippen molar-refractivity contribution in [3.05, 3.63) is 47.9 Å². The monoisotopic (exact) mass is 430 g/mol. The number of amides is 1. The standard InChI is InChI=1S/C17H17F3N4O4S/c18-17(19,20)11-1-2-13(22-8-11)10-3-5-21-12(7-10)9-23-16(26)15-14(25)4-6-24(15)29(27)28/h1-3,5,7-8,14-15,25,29H,4,6,9H2,(H,23,26)/t14-,15?/m0/s1. The Morgan fingerprint density at radius 3 is 2.66 bits per heavy atom. The molecule has 1 aliphatic rings. The third kappa shape index (κ3) is 4.89. The Hall–Kier alpha value is -2.57. The normalized spacial score (nSPS) is 20.2. The van der Waals surface area contributed by atoms with Gasteiger partial charge in [0.05, 0.1) is 29.6 Å². The van der Waals surface area contributed by atoms with E-state index < -0.39 is 40.7 Å². The molecule has 8 nitrogen and oxygen atoms in total. The lowest BCUT2D eigenvalue weighted by Gasteiger charge is -2.19. The molecule has 0 radical (unpaired) electrons. The van der Waals surface area contributed by atoms with Gasteiger partial charge in [-0.05, 0) is 30.7 Å². The van der Waals surface area contributed by atoms with Gasteiger partial charge in [-0.25, -0.2) is 8.42 Å². The summed E-state index contributed by atoms with van der Waals surface area (Å²) < 4.78 is 61.3. The molecular formula is C17H17F3N4O4S. The summed E-state index contributed by atoms with van der Waals surface area (Å²) in [5, 5.41) is 12.4. The van der Waals surface area contributed by atoms with Crippen molar-refractivity contribution in [3.63, 3.8) is 0 Å². The molecule has 2 aromatic rings. The van der Waals surface area contributed by atoms with Crippen molar-refractivity contribution in [2.75, 3.05) is 6.54 Å². The number of nitrogens with zero attached hydrogens (tertiary/aromatic N) is 3. The number of aromatic nitrogens is 2. The van der Waals surface area contributed by atoms with Gasteiger partial charge in [0, 0.05) is 24.5 Å². The van der Waals surface area contributed by atoms with E-state index in [0.717, 1.165) is 16.6 Å². The zero-order valence-corrected chi connectivity index (χ0v) is 15.7. The van der Waals surface area contributed by atoms with E-state index >= 15 is 0 Å². The largest absolute Gasteiger partial charge is 0.417 e. The van der Waals surface area contributed by atoms with Gasteiger partial charge in [-0.3, -0.25) is 14.8 Å². The van der Waals surface area contributed by atoms with Gasteiger partial charge in [-0.2, -0.15) is 17.5 Å². The van der Waals surface area contributed by atoms with Crippen LogP contribution in [0.2, 0.25) is 0 Å². The number of aliphatic hydroxyl groups is 1. The first kappa shape index (κ1) is 21.1. The van der Waals surface area contributed by atoms with Crippen LogP contribution < -0.4 is 5.32 Å². The van der Waals surface area contributed by atoms with Crippen LogP contribution in [0.25, 0.3) is 11.3 Å². The second kappa shape index (κ2) is 8.43. The molecule has 3 rings (SSSR count). The van der Waals surface area contributed by atoms with Crippen molar-refractivity contribution in [2.24, 2.45) is 0 Å². The van der Waals surface area contributed by atoms with Gasteiger partial charge in [0.15, 0.2) is 0 Å². The van der Waals surface area contributed by atoms with Crippen LogP contribution in [-0.2, 0) is 28.4 Å². The van der Waals surface area contributed by atoms with E-state index in [1.807, 2.05) is 0 Å². The van der Waals surface area contributed by atoms with Crippen molar-refractivity contribution in [1.82, 2.24) is 19.6 Å². The number of rotatable bonds is 5. The lowest BCUT2D eigenvalue weighted by atomic mass is 10.1. The quantitative estimate of drug-likeness (QED) is 0.604. The molecule has 1 unspecified atom stereocenters. The summed E-state index contributed by atoms with van der Waals surface area (Å²) in [6, 6.07) is 4.07. The zero-order chi connectivity index (χ0) is 21.2. The Bertz CT molecular complexity index is 958. The predicted molar refractivity (Wildman–Crippen MR) is 95.7 cm³/mol. The molecule has 1 amide bonds. The van der Waals surface area contributed by atoms with Crippen LogP contribution in [0.5, 0.6) is 0 Å². The van der Waals surface area contributed by atoms with Crippen LogP contribution in [0.4, 0.5) is 13.2 Å². The van der Waals surface area contributed by atoms with Crippen LogP contribution in [0, 0.1) is 0 Å². The van der Waals surface area contributed by atoms with Crippen molar-refractivity contribution in [2.45, 2.75) is 31.3 Å². The summed E-state index contributed by atoms with van der Waals surface area (Å²) in [5.41, 5.74) is 0.333. The summed E-state index contributed by atoms with van der Waals surface area (Å²) in [6.07, 6.45) is -3.27. The lowest BCUT2D eigenvalue weighted by Crippen LogP contribution is -2.47. The Labute approximate surface area is 165 Å². The van der Waals surface area contributed by atoms with Crippen molar-refractivity contribution in [3.8, 4) is 11.3 Å². The molecule has 12 heteroatoms. The highest BCUT2D eigenvalue weighted by Gasteiger charge is 2.39. The fourth-order valence-corrected chi connectivity index (χ4v) is 3.74. The highest BCUT2D eigenvalue weighted by atomic mass is 32.2. The number of thiol groups is 1. The minimum atomic E-state index is -4.48. The van der Waals surface area contributed by atoms with Gasteiger partial charge in [-0.1, -0.05) is 0 Å². The maximum absolute atomic E-state index is 12.6. The van der Waals surface area contributed by atoms with Gasteiger partial charge in [0.25, 0.3) is 0 Å². The van der Waals surface area contributed by atoms with Crippen molar-refractivity contribution < 1.29 is 31.5 Å². The average molecular weight is 430 g/mol. The smallest absolute Gasteiger partial charge is 0.391 e. The molecule has 156 valence electrons. The van der Waals surface area contributed by atoms with Gasteiger partial charge >= 0.3 is 6.18 Å². The molecule has 0 bridgehead atoms. The van der Waals surface area contributed by atoms with E-state index in [4.69, 9.17) is 0 Å².